The van der Waals surface area contributed by atoms with Crippen molar-refractivity contribution < 1.29 is 4.43 Å². The maximum Gasteiger partial charge on any atom is 0.258 e. The first kappa shape index (κ1) is 17.8. The van der Waals surface area contributed by atoms with Gasteiger partial charge in [-0.05, 0) is 40.7 Å². The van der Waals surface area contributed by atoms with Crippen LogP contribution in [0.15, 0.2) is 24.3 Å². The molecule has 1 rings (SSSR count). The molecule has 0 aromatic heterocycles. The highest BCUT2D eigenvalue weighted by molar-refractivity contribution is 9.09. The van der Waals surface area contributed by atoms with Gasteiger partial charge in [0, 0.05) is 5.33 Å². The summed E-state index contributed by atoms with van der Waals surface area (Å²) in [5.74, 6) is 1.05. The van der Waals surface area contributed by atoms with Gasteiger partial charge in [0.05, 0.1) is 0 Å². The Morgan fingerprint density at radius 3 is 1.70 bits per heavy atom. The highest BCUT2D eigenvalue weighted by Crippen LogP contribution is 2.42. The Morgan fingerprint density at radius 1 is 0.900 bits per heavy atom. The van der Waals surface area contributed by atoms with Gasteiger partial charge in [0.1, 0.15) is 5.75 Å². The highest BCUT2D eigenvalue weighted by atomic mass is 79.9. The lowest BCUT2D eigenvalue weighted by Crippen LogP contribution is -2.50. The van der Waals surface area contributed by atoms with Gasteiger partial charge in [0.2, 0.25) is 0 Å². The molecule has 0 atom stereocenters. The van der Waals surface area contributed by atoms with Gasteiger partial charge in [-0.3, -0.25) is 0 Å². The zero-order valence-corrected chi connectivity index (χ0v) is 16.3. The van der Waals surface area contributed by atoms with E-state index in [4.69, 9.17) is 4.43 Å². The summed E-state index contributed by atoms with van der Waals surface area (Å²) in [4.78, 5) is 0. The standard InChI is InChI=1S/C17H29BrOSi/c1-13(2)20(14(3)4,15(5)6)19-17-9-7-16(8-10-17)11-12-18/h7-10,13-15H,11-12H2,1-6H3. The predicted octanol–water partition coefficient (Wildman–Crippen LogP) is 6.18. The van der Waals surface area contributed by atoms with Gasteiger partial charge >= 0.3 is 0 Å². The Kier molecular flexibility index (Phi) is 6.79. The van der Waals surface area contributed by atoms with Crippen LogP contribution in [0, 0.1) is 0 Å². The van der Waals surface area contributed by atoms with E-state index in [2.05, 4.69) is 81.7 Å². The van der Waals surface area contributed by atoms with Crippen molar-refractivity contribution in [3.63, 3.8) is 0 Å². The number of hydrogen-bond acceptors (Lipinski definition) is 1. The molecule has 0 aliphatic heterocycles. The molecule has 0 saturated heterocycles. The third-order valence-electron chi connectivity index (χ3n) is 4.31. The third-order valence-corrected chi connectivity index (χ3v) is 10.7. The van der Waals surface area contributed by atoms with E-state index in [9.17, 15) is 0 Å². The second kappa shape index (κ2) is 7.65. The molecule has 3 heteroatoms. The minimum atomic E-state index is -1.81. The highest BCUT2D eigenvalue weighted by Gasteiger charge is 2.46. The van der Waals surface area contributed by atoms with Crippen molar-refractivity contribution in [1.29, 1.82) is 0 Å². The van der Waals surface area contributed by atoms with E-state index in [1.54, 1.807) is 0 Å². The van der Waals surface area contributed by atoms with E-state index >= 15 is 0 Å². The average molecular weight is 357 g/mol. The molecule has 0 unspecified atom stereocenters. The molecule has 0 fully saturated rings. The van der Waals surface area contributed by atoms with Crippen LogP contribution in [-0.2, 0) is 6.42 Å². The number of aryl methyl sites for hydroxylation is 1. The first-order valence-electron chi connectivity index (χ1n) is 7.68. The number of hydrogen-bond donors (Lipinski definition) is 0. The van der Waals surface area contributed by atoms with Crippen LogP contribution in [0.25, 0.3) is 0 Å². The van der Waals surface area contributed by atoms with Crippen LogP contribution in [0.5, 0.6) is 5.75 Å². The molecule has 1 aromatic carbocycles. The Balaban J connectivity index is 3.00. The number of benzene rings is 1. The van der Waals surface area contributed by atoms with Gasteiger partial charge in [0.15, 0.2) is 0 Å². The van der Waals surface area contributed by atoms with E-state index in [1.165, 1.54) is 5.56 Å². The lowest BCUT2D eigenvalue weighted by molar-refractivity contribution is 0.479. The molecule has 0 saturated carbocycles. The van der Waals surface area contributed by atoms with E-state index in [0.717, 1.165) is 17.5 Å². The summed E-state index contributed by atoms with van der Waals surface area (Å²) in [6.07, 6.45) is 1.07. The fourth-order valence-corrected chi connectivity index (χ4v) is 9.10. The fraction of sp³-hybridized carbons (Fsp3) is 0.647. The van der Waals surface area contributed by atoms with Crippen LogP contribution in [0.1, 0.15) is 47.1 Å². The number of alkyl halides is 1. The van der Waals surface area contributed by atoms with E-state index in [-0.39, 0.29) is 0 Å². The van der Waals surface area contributed by atoms with E-state index in [0.29, 0.717) is 16.6 Å². The van der Waals surface area contributed by atoms with Gasteiger partial charge in [-0.1, -0.05) is 69.6 Å². The molecular formula is C17H29BrOSi. The summed E-state index contributed by atoms with van der Waals surface area (Å²) in [6, 6.07) is 8.67. The smallest absolute Gasteiger partial charge is 0.258 e. The average Bonchev–Trinajstić information content (AvgIpc) is 2.36. The number of halogens is 1. The normalized spacial score (nSPS) is 12.5. The monoisotopic (exact) mass is 356 g/mol. The van der Waals surface area contributed by atoms with Crippen molar-refractivity contribution in [2.75, 3.05) is 5.33 Å². The molecule has 20 heavy (non-hydrogen) atoms. The van der Waals surface area contributed by atoms with Gasteiger partial charge in [-0.15, -0.1) is 0 Å². The van der Waals surface area contributed by atoms with Gasteiger partial charge in [-0.2, -0.15) is 0 Å². The predicted molar refractivity (Wildman–Crippen MR) is 95.6 cm³/mol. The van der Waals surface area contributed by atoms with Gasteiger partial charge in [-0.25, -0.2) is 0 Å². The van der Waals surface area contributed by atoms with E-state index in [1.807, 2.05) is 0 Å². The Morgan fingerprint density at radius 2 is 1.35 bits per heavy atom. The third kappa shape index (κ3) is 3.88. The van der Waals surface area contributed by atoms with Crippen LogP contribution in [0.4, 0.5) is 0 Å². The maximum atomic E-state index is 6.65. The fourth-order valence-electron chi connectivity index (χ4n) is 3.39. The first-order valence-corrected chi connectivity index (χ1v) is 10.9. The van der Waals surface area contributed by atoms with Gasteiger partial charge in [0.25, 0.3) is 8.32 Å². The second-order valence-corrected chi connectivity index (χ2v) is 12.7. The van der Waals surface area contributed by atoms with Crippen LogP contribution < -0.4 is 4.43 Å². The van der Waals surface area contributed by atoms with Crippen molar-refractivity contribution in [2.24, 2.45) is 0 Å². The van der Waals surface area contributed by atoms with Gasteiger partial charge < -0.3 is 4.43 Å². The molecule has 0 aliphatic rings. The summed E-state index contributed by atoms with van der Waals surface area (Å²) in [5, 5.41) is 1.01. The summed E-state index contributed by atoms with van der Waals surface area (Å²) in [6.45, 7) is 13.9. The molecule has 0 bridgehead atoms. The second-order valence-electron chi connectivity index (χ2n) is 6.50. The lowest BCUT2D eigenvalue weighted by Gasteiger charge is -2.42. The molecular weight excluding hydrogens is 328 g/mol. The minimum Gasteiger partial charge on any atom is -0.543 e. The molecule has 0 heterocycles. The quantitative estimate of drug-likeness (QED) is 0.418. The zero-order valence-electron chi connectivity index (χ0n) is 13.7. The summed E-state index contributed by atoms with van der Waals surface area (Å²) >= 11 is 3.49. The maximum absolute atomic E-state index is 6.65. The Labute approximate surface area is 134 Å². The zero-order chi connectivity index (χ0) is 15.3. The molecule has 0 N–H and O–H groups in total. The Bertz CT molecular complexity index is 376. The molecule has 0 spiro atoms. The van der Waals surface area contributed by atoms with Crippen LogP contribution in [0.2, 0.25) is 16.6 Å². The van der Waals surface area contributed by atoms with Crippen molar-refractivity contribution in [1.82, 2.24) is 0 Å². The van der Waals surface area contributed by atoms with Crippen LogP contribution >= 0.6 is 15.9 Å². The molecule has 0 aliphatic carbocycles. The summed E-state index contributed by atoms with van der Waals surface area (Å²) < 4.78 is 6.65. The van der Waals surface area contributed by atoms with Crippen molar-refractivity contribution in [2.45, 2.75) is 64.6 Å². The molecule has 1 nitrogen and oxygen atoms in total. The molecule has 0 radical (unpaired) electrons. The molecule has 114 valence electrons. The SMILES string of the molecule is CC(C)[Si](Oc1ccc(CCBr)cc1)(C(C)C)C(C)C. The lowest BCUT2D eigenvalue weighted by atomic mass is 10.2. The molecule has 0 amide bonds. The minimum absolute atomic E-state index is 0.615. The number of rotatable bonds is 7. The Hall–Kier alpha value is -0.283. The van der Waals surface area contributed by atoms with Crippen LogP contribution in [-0.4, -0.2) is 13.6 Å². The van der Waals surface area contributed by atoms with E-state index < -0.39 is 8.32 Å². The topological polar surface area (TPSA) is 9.23 Å². The first-order chi connectivity index (χ1) is 9.34. The summed E-state index contributed by atoms with van der Waals surface area (Å²) in [7, 11) is -1.81. The van der Waals surface area contributed by atoms with Crippen molar-refractivity contribution >= 4 is 24.2 Å². The van der Waals surface area contributed by atoms with Crippen molar-refractivity contribution in [3.8, 4) is 5.75 Å². The van der Waals surface area contributed by atoms with Crippen LogP contribution in [0.3, 0.4) is 0 Å². The summed E-state index contributed by atoms with van der Waals surface area (Å²) in [5.41, 5.74) is 3.21. The molecule has 1 aromatic rings. The van der Waals surface area contributed by atoms with Crippen molar-refractivity contribution in [3.05, 3.63) is 29.8 Å². The largest absolute Gasteiger partial charge is 0.543 e.